The van der Waals surface area contributed by atoms with Crippen LogP contribution in [0.15, 0.2) is 48.5 Å². The first-order chi connectivity index (χ1) is 12.1. The zero-order chi connectivity index (χ0) is 17.8. The molecule has 1 aliphatic rings. The third-order valence-electron chi connectivity index (χ3n) is 4.34. The molecule has 0 saturated carbocycles. The summed E-state index contributed by atoms with van der Waals surface area (Å²) in [5.74, 6) is -0.816. The van der Waals surface area contributed by atoms with Crippen LogP contribution in [-0.2, 0) is 0 Å². The summed E-state index contributed by atoms with van der Waals surface area (Å²) >= 11 is 0. The molecule has 1 atom stereocenters. The van der Waals surface area contributed by atoms with E-state index < -0.39 is 5.82 Å². The van der Waals surface area contributed by atoms with Crippen LogP contribution in [0.25, 0.3) is 0 Å². The highest BCUT2D eigenvalue weighted by Gasteiger charge is 2.29. The van der Waals surface area contributed by atoms with E-state index in [4.69, 9.17) is 0 Å². The second-order valence-electron chi connectivity index (χ2n) is 5.93. The van der Waals surface area contributed by atoms with Gasteiger partial charge in [0, 0.05) is 37.8 Å². The molecule has 2 amide bonds. The molecule has 2 aromatic rings. The van der Waals surface area contributed by atoms with E-state index in [0.29, 0.717) is 30.8 Å². The Kier molecular flexibility index (Phi) is 5.09. The van der Waals surface area contributed by atoms with Crippen LogP contribution in [0.2, 0.25) is 0 Å². The monoisotopic (exact) mass is 341 g/mol. The summed E-state index contributed by atoms with van der Waals surface area (Å²) < 4.78 is 13.5. The normalized spacial score (nSPS) is 17.2. The van der Waals surface area contributed by atoms with Crippen molar-refractivity contribution >= 4 is 11.8 Å². The van der Waals surface area contributed by atoms with Crippen LogP contribution < -0.4 is 10.6 Å². The summed E-state index contributed by atoms with van der Waals surface area (Å²) in [6, 6.07) is 12.7. The largest absolute Gasteiger partial charge is 0.355 e. The molecule has 1 saturated heterocycles. The van der Waals surface area contributed by atoms with Crippen LogP contribution in [0.1, 0.15) is 32.3 Å². The Morgan fingerprint density at radius 2 is 1.92 bits per heavy atom. The number of hydrogen-bond acceptors (Lipinski definition) is 3. The van der Waals surface area contributed by atoms with Crippen molar-refractivity contribution in [1.82, 2.24) is 15.5 Å². The fraction of sp³-hybridized carbons (Fsp3) is 0.263. The molecule has 0 aromatic heterocycles. The molecule has 1 fully saturated rings. The summed E-state index contributed by atoms with van der Waals surface area (Å²) in [6.07, 6.45) is 0. The number of halogens is 1. The van der Waals surface area contributed by atoms with Crippen molar-refractivity contribution in [3.63, 3.8) is 0 Å². The maximum atomic E-state index is 13.5. The number of nitrogens with one attached hydrogen (secondary N) is 2. The van der Waals surface area contributed by atoms with Crippen molar-refractivity contribution in [1.29, 1.82) is 0 Å². The van der Waals surface area contributed by atoms with Gasteiger partial charge in [0.25, 0.3) is 11.8 Å². The predicted molar refractivity (Wildman–Crippen MR) is 92.9 cm³/mol. The minimum atomic E-state index is -0.431. The van der Waals surface area contributed by atoms with E-state index in [2.05, 4.69) is 10.6 Å². The van der Waals surface area contributed by atoms with Gasteiger partial charge >= 0.3 is 0 Å². The number of piperazine rings is 1. The molecular formula is C19H20FN3O2. The lowest BCUT2D eigenvalue weighted by Crippen LogP contribution is -2.48. The van der Waals surface area contributed by atoms with Gasteiger partial charge in [-0.2, -0.15) is 0 Å². The van der Waals surface area contributed by atoms with E-state index in [0.717, 1.165) is 5.56 Å². The second kappa shape index (κ2) is 7.44. The van der Waals surface area contributed by atoms with Gasteiger partial charge in [-0.1, -0.05) is 18.2 Å². The average molecular weight is 341 g/mol. The topological polar surface area (TPSA) is 61.4 Å². The van der Waals surface area contributed by atoms with E-state index in [1.54, 1.807) is 36.2 Å². The number of amides is 2. The van der Waals surface area contributed by atoms with Crippen molar-refractivity contribution in [3.05, 3.63) is 71.0 Å². The number of hydrogen-bond donors (Lipinski definition) is 2. The van der Waals surface area contributed by atoms with Gasteiger partial charge in [-0.3, -0.25) is 9.59 Å². The average Bonchev–Trinajstić information content (AvgIpc) is 2.67. The van der Waals surface area contributed by atoms with E-state index in [1.807, 2.05) is 6.07 Å². The number of rotatable bonds is 3. The predicted octanol–water partition coefficient (Wildman–Crippen LogP) is 1.97. The Labute approximate surface area is 145 Å². The van der Waals surface area contributed by atoms with Crippen LogP contribution >= 0.6 is 0 Å². The zero-order valence-electron chi connectivity index (χ0n) is 14.0. The van der Waals surface area contributed by atoms with Gasteiger partial charge in [-0.05, 0) is 35.9 Å². The first-order valence-electron chi connectivity index (χ1n) is 8.19. The molecule has 0 spiro atoms. The number of carbonyl (C=O) groups excluding carboxylic acids is 2. The SMILES string of the molecule is CNC(=O)c1cccc([C@@H]2CNCCN2C(=O)c2cccc(F)c2)c1. The third kappa shape index (κ3) is 3.69. The molecular weight excluding hydrogens is 321 g/mol. The fourth-order valence-corrected chi connectivity index (χ4v) is 3.06. The van der Waals surface area contributed by atoms with Crippen LogP contribution in [-0.4, -0.2) is 43.4 Å². The highest BCUT2D eigenvalue weighted by molar-refractivity contribution is 5.95. The highest BCUT2D eigenvalue weighted by atomic mass is 19.1. The maximum Gasteiger partial charge on any atom is 0.254 e. The molecule has 2 N–H and O–H groups in total. The summed E-state index contributed by atoms with van der Waals surface area (Å²) in [6.45, 7) is 1.77. The molecule has 130 valence electrons. The Hall–Kier alpha value is -2.73. The first kappa shape index (κ1) is 17.1. The van der Waals surface area contributed by atoms with E-state index in [9.17, 15) is 14.0 Å². The lowest BCUT2D eigenvalue weighted by molar-refractivity contribution is 0.0634. The number of benzene rings is 2. The molecule has 0 radical (unpaired) electrons. The van der Waals surface area contributed by atoms with Gasteiger partial charge in [0.05, 0.1) is 6.04 Å². The lowest BCUT2D eigenvalue weighted by Gasteiger charge is -2.36. The Balaban J connectivity index is 1.91. The maximum absolute atomic E-state index is 13.5. The third-order valence-corrected chi connectivity index (χ3v) is 4.34. The molecule has 3 rings (SSSR count). The molecule has 5 nitrogen and oxygen atoms in total. The van der Waals surface area contributed by atoms with Gasteiger partial charge in [0.1, 0.15) is 5.82 Å². The van der Waals surface area contributed by atoms with Crippen molar-refractivity contribution < 1.29 is 14.0 Å². The highest BCUT2D eigenvalue weighted by Crippen LogP contribution is 2.25. The van der Waals surface area contributed by atoms with E-state index in [1.165, 1.54) is 18.2 Å². The van der Waals surface area contributed by atoms with E-state index in [-0.39, 0.29) is 17.9 Å². The van der Waals surface area contributed by atoms with Crippen molar-refractivity contribution in [2.45, 2.75) is 6.04 Å². The number of carbonyl (C=O) groups is 2. The Morgan fingerprint density at radius 1 is 1.16 bits per heavy atom. The molecule has 6 heteroatoms. The van der Waals surface area contributed by atoms with Crippen LogP contribution in [0.5, 0.6) is 0 Å². The summed E-state index contributed by atoms with van der Waals surface area (Å²) in [4.78, 5) is 26.5. The van der Waals surface area contributed by atoms with Gasteiger partial charge in [-0.15, -0.1) is 0 Å². The molecule has 2 aromatic carbocycles. The van der Waals surface area contributed by atoms with Crippen LogP contribution in [0.4, 0.5) is 4.39 Å². The minimum absolute atomic E-state index is 0.173. The van der Waals surface area contributed by atoms with Gasteiger partial charge in [-0.25, -0.2) is 4.39 Å². The lowest BCUT2D eigenvalue weighted by atomic mass is 9.99. The smallest absolute Gasteiger partial charge is 0.254 e. The molecule has 25 heavy (non-hydrogen) atoms. The van der Waals surface area contributed by atoms with Crippen molar-refractivity contribution in [2.75, 3.05) is 26.7 Å². The molecule has 0 unspecified atom stereocenters. The zero-order valence-corrected chi connectivity index (χ0v) is 14.0. The molecule has 1 aliphatic heterocycles. The quantitative estimate of drug-likeness (QED) is 0.897. The standard InChI is InChI=1S/C19H20FN3O2/c1-21-18(24)14-5-2-4-13(10-14)17-12-22-8-9-23(17)19(25)15-6-3-7-16(20)11-15/h2-7,10-11,17,22H,8-9,12H2,1H3,(H,21,24)/t17-/m0/s1. The summed E-state index contributed by atoms with van der Waals surface area (Å²) in [5.41, 5.74) is 1.75. The summed E-state index contributed by atoms with van der Waals surface area (Å²) in [7, 11) is 1.58. The van der Waals surface area contributed by atoms with E-state index >= 15 is 0 Å². The van der Waals surface area contributed by atoms with Gasteiger partial charge in [0.15, 0.2) is 0 Å². The van der Waals surface area contributed by atoms with Crippen LogP contribution in [0, 0.1) is 5.82 Å². The fourth-order valence-electron chi connectivity index (χ4n) is 3.06. The van der Waals surface area contributed by atoms with Gasteiger partial charge in [0.2, 0.25) is 0 Å². The Morgan fingerprint density at radius 3 is 2.68 bits per heavy atom. The van der Waals surface area contributed by atoms with Gasteiger partial charge < -0.3 is 15.5 Å². The first-order valence-corrected chi connectivity index (χ1v) is 8.19. The number of nitrogens with zero attached hydrogens (tertiary/aromatic N) is 1. The summed E-state index contributed by atoms with van der Waals surface area (Å²) in [5, 5.41) is 5.88. The second-order valence-corrected chi connectivity index (χ2v) is 5.93. The van der Waals surface area contributed by atoms with Crippen LogP contribution in [0.3, 0.4) is 0 Å². The molecule has 1 heterocycles. The molecule has 0 bridgehead atoms. The van der Waals surface area contributed by atoms with Crippen molar-refractivity contribution in [3.8, 4) is 0 Å². The molecule has 0 aliphatic carbocycles. The van der Waals surface area contributed by atoms with Crippen molar-refractivity contribution in [2.24, 2.45) is 0 Å². The Bertz CT molecular complexity index is 794. The minimum Gasteiger partial charge on any atom is -0.355 e.